The minimum Gasteiger partial charge on any atom is -0.494 e. The average molecular weight is 290 g/mol. The average Bonchev–Trinajstić information content (AvgIpc) is 2.54. The van der Waals surface area contributed by atoms with Crippen LogP contribution in [0.2, 0.25) is 0 Å². The van der Waals surface area contributed by atoms with Gasteiger partial charge in [-0.05, 0) is 44.0 Å². The van der Waals surface area contributed by atoms with Crippen LogP contribution in [0.4, 0.5) is 0 Å². The number of aryl methyl sites for hydroxylation is 1. The summed E-state index contributed by atoms with van der Waals surface area (Å²) in [6.07, 6.45) is 0.844. The highest BCUT2D eigenvalue weighted by Gasteiger charge is 2.25. The molecule has 1 fully saturated rings. The van der Waals surface area contributed by atoms with Crippen LogP contribution in [0.3, 0.4) is 0 Å². The van der Waals surface area contributed by atoms with E-state index < -0.39 is 0 Å². The summed E-state index contributed by atoms with van der Waals surface area (Å²) in [5, 5.41) is 3.32. The first-order valence-corrected chi connectivity index (χ1v) is 7.92. The summed E-state index contributed by atoms with van der Waals surface area (Å²) in [5.74, 6) is 1.07. The lowest BCUT2D eigenvalue weighted by Gasteiger charge is -2.32. The van der Waals surface area contributed by atoms with Crippen molar-refractivity contribution in [2.75, 3.05) is 32.8 Å². The minimum absolute atomic E-state index is 0.0599. The summed E-state index contributed by atoms with van der Waals surface area (Å²) in [7, 11) is 0. The third-order valence-electron chi connectivity index (χ3n) is 4.11. The molecule has 116 valence electrons. The largest absolute Gasteiger partial charge is 0.494 e. The molecule has 0 aliphatic carbocycles. The number of Topliss-reactive ketones (excluding diaryl/α,β-unsaturated/α-hetero) is 1. The lowest BCUT2D eigenvalue weighted by atomic mass is 9.96. The van der Waals surface area contributed by atoms with Gasteiger partial charge in [-0.3, -0.25) is 9.69 Å². The Bertz CT molecular complexity index is 482. The number of nitrogens with one attached hydrogen (secondary N) is 1. The molecule has 4 heteroatoms. The van der Waals surface area contributed by atoms with Crippen LogP contribution in [0.1, 0.15) is 36.7 Å². The van der Waals surface area contributed by atoms with Gasteiger partial charge in [-0.15, -0.1) is 0 Å². The standard InChI is InChI=1S/C17H26N2O2/c1-4-14-12-15(21-5-2)6-7-16(14)17(20)13(3)19-10-8-18-9-11-19/h6-7,12-13,18H,4-5,8-11H2,1-3H3. The molecule has 21 heavy (non-hydrogen) atoms. The Labute approximate surface area is 127 Å². The molecule has 1 aromatic carbocycles. The summed E-state index contributed by atoms with van der Waals surface area (Å²) >= 11 is 0. The molecule has 1 saturated heterocycles. The first-order valence-electron chi connectivity index (χ1n) is 7.92. The van der Waals surface area contributed by atoms with Crippen LogP contribution in [0.15, 0.2) is 18.2 Å². The van der Waals surface area contributed by atoms with Gasteiger partial charge in [-0.1, -0.05) is 6.92 Å². The zero-order valence-corrected chi connectivity index (χ0v) is 13.3. The highest BCUT2D eigenvalue weighted by molar-refractivity contribution is 6.01. The van der Waals surface area contributed by atoms with Crippen LogP contribution in [0.5, 0.6) is 5.75 Å². The van der Waals surface area contributed by atoms with E-state index in [1.54, 1.807) is 0 Å². The molecule has 0 aromatic heterocycles. The van der Waals surface area contributed by atoms with E-state index in [2.05, 4.69) is 17.1 Å². The van der Waals surface area contributed by atoms with E-state index >= 15 is 0 Å². The number of piperazine rings is 1. The number of ketones is 1. The van der Waals surface area contributed by atoms with Crippen molar-refractivity contribution in [2.24, 2.45) is 0 Å². The Morgan fingerprint density at radius 3 is 2.67 bits per heavy atom. The van der Waals surface area contributed by atoms with Gasteiger partial charge in [0.25, 0.3) is 0 Å². The molecule has 1 N–H and O–H groups in total. The molecule has 1 aliphatic heterocycles. The number of carbonyl (C=O) groups excluding carboxylic acids is 1. The summed E-state index contributed by atoms with van der Waals surface area (Å²) < 4.78 is 5.53. The number of ether oxygens (including phenoxy) is 1. The predicted molar refractivity (Wildman–Crippen MR) is 85.2 cm³/mol. The van der Waals surface area contributed by atoms with Crippen molar-refractivity contribution >= 4 is 5.78 Å². The van der Waals surface area contributed by atoms with E-state index in [1.165, 1.54) is 0 Å². The van der Waals surface area contributed by atoms with E-state index in [9.17, 15) is 4.79 Å². The van der Waals surface area contributed by atoms with Gasteiger partial charge >= 0.3 is 0 Å². The molecular weight excluding hydrogens is 264 g/mol. The van der Waals surface area contributed by atoms with E-state index in [0.29, 0.717) is 6.61 Å². The molecule has 2 rings (SSSR count). The monoisotopic (exact) mass is 290 g/mol. The zero-order chi connectivity index (χ0) is 15.2. The first-order chi connectivity index (χ1) is 10.2. The van der Waals surface area contributed by atoms with Crippen molar-refractivity contribution in [3.63, 3.8) is 0 Å². The van der Waals surface area contributed by atoms with Crippen LogP contribution in [-0.2, 0) is 6.42 Å². The second-order valence-corrected chi connectivity index (χ2v) is 5.43. The van der Waals surface area contributed by atoms with E-state index in [1.807, 2.05) is 32.0 Å². The molecular formula is C17H26N2O2. The van der Waals surface area contributed by atoms with E-state index in [-0.39, 0.29) is 11.8 Å². The number of benzene rings is 1. The number of hydrogen-bond acceptors (Lipinski definition) is 4. The molecule has 0 radical (unpaired) electrons. The highest BCUT2D eigenvalue weighted by Crippen LogP contribution is 2.21. The quantitative estimate of drug-likeness (QED) is 0.815. The Balaban J connectivity index is 2.17. The number of hydrogen-bond donors (Lipinski definition) is 1. The molecule has 4 nitrogen and oxygen atoms in total. The summed E-state index contributed by atoms with van der Waals surface area (Å²) in [4.78, 5) is 15.0. The van der Waals surface area contributed by atoms with Crippen molar-refractivity contribution < 1.29 is 9.53 Å². The van der Waals surface area contributed by atoms with Crippen LogP contribution in [-0.4, -0.2) is 49.5 Å². The molecule has 1 aliphatic rings. The maximum atomic E-state index is 12.8. The lowest BCUT2D eigenvalue weighted by Crippen LogP contribution is -2.50. The number of rotatable bonds is 6. The van der Waals surface area contributed by atoms with Crippen molar-refractivity contribution in [2.45, 2.75) is 33.2 Å². The van der Waals surface area contributed by atoms with Gasteiger partial charge in [0.15, 0.2) is 5.78 Å². The predicted octanol–water partition coefficient (Wildman–Crippen LogP) is 2.12. The van der Waals surface area contributed by atoms with E-state index in [0.717, 1.165) is 49.5 Å². The Morgan fingerprint density at radius 2 is 2.05 bits per heavy atom. The molecule has 0 amide bonds. The van der Waals surface area contributed by atoms with Gasteiger partial charge in [0.05, 0.1) is 12.6 Å². The third kappa shape index (κ3) is 3.83. The smallest absolute Gasteiger partial charge is 0.179 e. The van der Waals surface area contributed by atoms with Crippen molar-refractivity contribution in [3.05, 3.63) is 29.3 Å². The fraction of sp³-hybridized carbons (Fsp3) is 0.588. The lowest BCUT2D eigenvalue weighted by molar-refractivity contribution is 0.0819. The fourth-order valence-corrected chi connectivity index (χ4v) is 2.82. The SMILES string of the molecule is CCOc1ccc(C(=O)C(C)N2CCNCC2)c(CC)c1. The number of carbonyl (C=O) groups is 1. The van der Waals surface area contributed by atoms with Crippen LogP contribution in [0.25, 0.3) is 0 Å². The molecule has 0 spiro atoms. The van der Waals surface area contributed by atoms with Crippen molar-refractivity contribution in [1.29, 1.82) is 0 Å². The second kappa shape index (κ2) is 7.57. The molecule has 1 unspecified atom stereocenters. The first kappa shape index (κ1) is 16.0. The maximum absolute atomic E-state index is 12.8. The highest BCUT2D eigenvalue weighted by atomic mass is 16.5. The molecule has 1 atom stereocenters. The second-order valence-electron chi connectivity index (χ2n) is 5.43. The van der Waals surface area contributed by atoms with Gasteiger partial charge in [-0.25, -0.2) is 0 Å². The Morgan fingerprint density at radius 1 is 1.33 bits per heavy atom. The fourth-order valence-electron chi connectivity index (χ4n) is 2.82. The van der Waals surface area contributed by atoms with Crippen LogP contribution >= 0.6 is 0 Å². The molecule has 1 aromatic rings. The van der Waals surface area contributed by atoms with Crippen molar-refractivity contribution in [3.8, 4) is 5.75 Å². The van der Waals surface area contributed by atoms with E-state index in [4.69, 9.17) is 4.74 Å². The molecule has 0 saturated carbocycles. The van der Waals surface area contributed by atoms with Gasteiger partial charge in [-0.2, -0.15) is 0 Å². The maximum Gasteiger partial charge on any atom is 0.179 e. The minimum atomic E-state index is -0.0599. The van der Waals surface area contributed by atoms with Crippen LogP contribution in [0, 0.1) is 0 Å². The van der Waals surface area contributed by atoms with Crippen molar-refractivity contribution in [1.82, 2.24) is 10.2 Å². The summed E-state index contributed by atoms with van der Waals surface area (Å²) in [6.45, 7) is 10.5. The van der Waals surface area contributed by atoms with Gasteiger partial charge in [0.1, 0.15) is 5.75 Å². The topological polar surface area (TPSA) is 41.6 Å². The Kier molecular flexibility index (Phi) is 5.76. The zero-order valence-electron chi connectivity index (χ0n) is 13.3. The van der Waals surface area contributed by atoms with Gasteiger partial charge in [0.2, 0.25) is 0 Å². The van der Waals surface area contributed by atoms with Gasteiger partial charge < -0.3 is 10.1 Å². The Hall–Kier alpha value is -1.39. The molecule has 1 heterocycles. The summed E-state index contributed by atoms with van der Waals surface area (Å²) in [5.41, 5.74) is 1.92. The van der Waals surface area contributed by atoms with Gasteiger partial charge in [0, 0.05) is 31.7 Å². The molecule has 0 bridgehead atoms. The van der Waals surface area contributed by atoms with Crippen LogP contribution < -0.4 is 10.1 Å². The third-order valence-corrected chi connectivity index (χ3v) is 4.11. The number of nitrogens with zero attached hydrogens (tertiary/aromatic N) is 1. The normalized spacial score (nSPS) is 17.5. The summed E-state index contributed by atoms with van der Waals surface area (Å²) in [6, 6.07) is 5.77.